The Kier molecular flexibility index (Phi) is 5.39. The average molecular weight is 428 g/mol. The number of rotatable bonds is 4. The van der Waals surface area contributed by atoms with E-state index in [2.05, 4.69) is 4.98 Å². The van der Waals surface area contributed by atoms with E-state index in [1.54, 1.807) is 29.4 Å². The third kappa shape index (κ3) is 3.75. The molecular formula is C25H25N5O2. The van der Waals surface area contributed by atoms with Crippen molar-refractivity contribution in [3.05, 3.63) is 83.1 Å². The van der Waals surface area contributed by atoms with Crippen molar-refractivity contribution in [3.8, 4) is 0 Å². The number of carbonyl (C=O) groups excluding carboxylic acids is 2. The van der Waals surface area contributed by atoms with Crippen molar-refractivity contribution in [2.45, 2.75) is 45.2 Å². The van der Waals surface area contributed by atoms with Crippen LogP contribution in [0, 0.1) is 6.92 Å². The van der Waals surface area contributed by atoms with Gasteiger partial charge in [0.1, 0.15) is 5.82 Å². The van der Waals surface area contributed by atoms with Crippen LogP contribution in [0.5, 0.6) is 0 Å². The van der Waals surface area contributed by atoms with Gasteiger partial charge >= 0.3 is 0 Å². The molecule has 162 valence electrons. The van der Waals surface area contributed by atoms with Gasteiger partial charge in [-0.05, 0) is 43.9 Å². The number of hydrogen-bond donors (Lipinski definition) is 0. The number of amides is 2. The fourth-order valence-electron chi connectivity index (χ4n) is 4.61. The monoisotopic (exact) mass is 427 g/mol. The summed E-state index contributed by atoms with van der Waals surface area (Å²) in [5.41, 5.74) is 3.53. The third-order valence-electron chi connectivity index (χ3n) is 6.26. The number of hydrogen-bond acceptors (Lipinski definition) is 5. The van der Waals surface area contributed by atoms with Gasteiger partial charge in [-0.3, -0.25) is 19.5 Å². The lowest BCUT2D eigenvalue weighted by Gasteiger charge is -2.31. The Labute approximate surface area is 187 Å². The molecule has 4 heterocycles. The van der Waals surface area contributed by atoms with Crippen molar-refractivity contribution in [1.82, 2.24) is 19.9 Å². The lowest BCUT2D eigenvalue weighted by Crippen LogP contribution is -2.37. The summed E-state index contributed by atoms with van der Waals surface area (Å²) >= 11 is 0. The normalized spacial score (nSPS) is 18.0. The highest BCUT2D eigenvalue weighted by molar-refractivity contribution is 5.95. The summed E-state index contributed by atoms with van der Waals surface area (Å²) in [6.07, 6.45) is 6.05. The van der Waals surface area contributed by atoms with Crippen LogP contribution >= 0.6 is 0 Å². The van der Waals surface area contributed by atoms with Gasteiger partial charge in [-0.2, -0.15) is 0 Å². The van der Waals surface area contributed by atoms with E-state index in [1.165, 1.54) is 0 Å². The zero-order valence-corrected chi connectivity index (χ0v) is 18.1. The first-order valence-corrected chi connectivity index (χ1v) is 11.0. The molecule has 1 fully saturated rings. The molecule has 5 rings (SSSR count). The van der Waals surface area contributed by atoms with Crippen molar-refractivity contribution in [2.24, 2.45) is 0 Å². The standard InChI is InChI=1S/C25H25N5O2/c1-17-20-11-12-22(31)30(16-18-7-3-2-4-8-18)24(20)28-23(27-17)21-10-6-14-29(21)25(32)19-9-5-13-26-15-19/h2-5,7-9,13,15,21H,6,10-12,14,16H2,1H3/t21-/m0/s1. The number of aryl methyl sites for hydroxylation is 1. The van der Waals surface area contributed by atoms with Crippen molar-refractivity contribution >= 4 is 17.6 Å². The second kappa shape index (κ2) is 8.49. The van der Waals surface area contributed by atoms with E-state index >= 15 is 0 Å². The number of benzene rings is 1. The van der Waals surface area contributed by atoms with E-state index in [9.17, 15) is 9.59 Å². The molecule has 1 aromatic carbocycles. The molecule has 1 atom stereocenters. The number of pyridine rings is 1. The average Bonchev–Trinajstić information content (AvgIpc) is 3.31. The summed E-state index contributed by atoms with van der Waals surface area (Å²) in [6, 6.07) is 13.3. The fourth-order valence-corrected chi connectivity index (χ4v) is 4.61. The van der Waals surface area contributed by atoms with E-state index < -0.39 is 0 Å². The number of aromatic nitrogens is 3. The Hall–Kier alpha value is -3.61. The molecule has 2 amide bonds. The largest absolute Gasteiger partial charge is 0.328 e. The maximum Gasteiger partial charge on any atom is 0.256 e. The van der Waals surface area contributed by atoms with E-state index in [-0.39, 0.29) is 17.9 Å². The van der Waals surface area contributed by atoms with Crippen LogP contribution in [0.4, 0.5) is 5.82 Å². The van der Waals surface area contributed by atoms with Gasteiger partial charge in [0, 0.05) is 36.6 Å². The highest BCUT2D eigenvalue weighted by Gasteiger charge is 2.35. The molecule has 7 heteroatoms. The summed E-state index contributed by atoms with van der Waals surface area (Å²) in [5, 5.41) is 0. The van der Waals surface area contributed by atoms with Crippen LogP contribution in [0.25, 0.3) is 0 Å². The zero-order valence-electron chi connectivity index (χ0n) is 18.1. The van der Waals surface area contributed by atoms with E-state index in [0.29, 0.717) is 43.1 Å². The molecule has 3 aromatic rings. The Morgan fingerprint density at radius 1 is 1.09 bits per heavy atom. The number of fused-ring (bicyclic) bond motifs is 1. The predicted molar refractivity (Wildman–Crippen MR) is 120 cm³/mol. The Morgan fingerprint density at radius 3 is 2.72 bits per heavy atom. The van der Waals surface area contributed by atoms with Crippen LogP contribution in [-0.2, 0) is 17.8 Å². The number of anilines is 1. The second-order valence-corrected chi connectivity index (χ2v) is 8.33. The summed E-state index contributed by atoms with van der Waals surface area (Å²) in [5.74, 6) is 1.31. The van der Waals surface area contributed by atoms with Crippen LogP contribution in [0.15, 0.2) is 54.9 Å². The molecule has 32 heavy (non-hydrogen) atoms. The third-order valence-corrected chi connectivity index (χ3v) is 6.26. The van der Waals surface area contributed by atoms with Crippen molar-refractivity contribution < 1.29 is 9.59 Å². The highest BCUT2D eigenvalue weighted by atomic mass is 16.2. The molecule has 2 aliphatic heterocycles. The molecule has 2 aromatic heterocycles. The molecule has 0 saturated carbocycles. The molecule has 2 aliphatic rings. The Bertz CT molecular complexity index is 1150. The van der Waals surface area contributed by atoms with E-state index in [1.807, 2.05) is 42.2 Å². The second-order valence-electron chi connectivity index (χ2n) is 8.33. The maximum absolute atomic E-state index is 13.1. The van der Waals surface area contributed by atoms with Crippen molar-refractivity contribution in [1.29, 1.82) is 0 Å². The molecule has 0 spiro atoms. The molecule has 7 nitrogen and oxygen atoms in total. The van der Waals surface area contributed by atoms with E-state index in [0.717, 1.165) is 29.7 Å². The van der Waals surface area contributed by atoms with Gasteiger partial charge in [0.2, 0.25) is 5.91 Å². The van der Waals surface area contributed by atoms with Gasteiger partial charge in [0.15, 0.2) is 5.82 Å². The lowest BCUT2D eigenvalue weighted by molar-refractivity contribution is -0.119. The lowest BCUT2D eigenvalue weighted by atomic mass is 10.0. The molecule has 1 saturated heterocycles. The first-order valence-electron chi connectivity index (χ1n) is 11.0. The topological polar surface area (TPSA) is 79.3 Å². The van der Waals surface area contributed by atoms with Crippen LogP contribution in [0.1, 0.15) is 58.3 Å². The summed E-state index contributed by atoms with van der Waals surface area (Å²) in [7, 11) is 0. The van der Waals surface area contributed by atoms with Crippen LogP contribution in [-0.4, -0.2) is 38.2 Å². The van der Waals surface area contributed by atoms with E-state index in [4.69, 9.17) is 9.97 Å². The summed E-state index contributed by atoms with van der Waals surface area (Å²) < 4.78 is 0. The van der Waals surface area contributed by atoms with Crippen molar-refractivity contribution in [3.63, 3.8) is 0 Å². The first-order chi connectivity index (χ1) is 15.6. The molecule has 0 unspecified atom stereocenters. The molecule has 0 bridgehead atoms. The number of likely N-dealkylation sites (tertiary alicyclic amines) is 1. The number of carbonyl (C=O) groups is 2. The predicted octanol–water partition coefficient (Wildman–Crippen LogP) is 3.64. The SMILES string of the molecule is Cc1nc([C@@H]2CCCN2C(=O)c2cccnc2)nc2c1CCC(=O)N2Cc1ccccc1. The van der Waals surface area contributed by atoms with Crippen LogP contribution in [0.3, 0.4) is 0 Å². The van der Waals surface area contributed by atoms with Gasteiger partial charge in [-0.1, -0.05) is 30.3 Å². The highest BCUT2D eigenvalue weighted by Crippen LogP contribution is 2.35. The molecule has 0 aliphatic carbocycles. The minimum absolute atomic E-state index is 0.0585. The van der Waals surface area contributed by atoms with Crippen LogP contribution in [0.2, 0.25) is 0 Å². The van der Waals surface area contributed by atoms with Gasteiger partial charge in [-0.25, -0.2) is 9.97 Å². The quantitative estimate of drug-likeness (QED) is 0.635. The maximum atomic E-state index is 13.1. The molecule has 0 radical (unpaired) electrons. The van der Waals surface area contributed by atoms with Crippen LogP contribution < -0.4 is 4.90 Å². The van der Waals surface area contributed by atoms with Gasteiger partial charge in [0.25, 0.3) is 5.91 Å². The molecule has 0 N–H and O–H groups in total. The Balaban J connectivity index is 1.50. The molecular weight excluding hydrogens is 402 g/mol. The first kappa shape index (κ1) is 20.3. The minimum Gasteiger partial charge on any atom is -0.328 e. The fraction of sp³-hybridized carbons (Fsp3) is 0.320. The number of nitrogens with zero attached hydrogens (tertiary/aromatic N) is 5. The van der Waals surface area contributed by atoms with Gasteiger partial charge < -0.3 is 4.90 Å². The summed E-state index contributed by atoms with van der Waals surface area (Å²) in [4.78, 5) is 43.4. The van der Waals surface area contributed by atoms with Gasteiger partial charge in [0.05, 0.1) is 18.2 Å². The Morgan fingerprint density at radius 2 is 1.94 bits per heavy atom. The zero-order chi connectivity index (χ0) is 22.1. The minimum atomic E-state index is -0.206. The summed E-state index contributed by atoms with van der Waals surface area (Å²) in [6.45, 7) is 3.11. The van der Waals surface area contributed by atoms with Gasteiger partial charge in [-0.15, -0.1) is 0 Å². The van der Waals surface area contributed by atoms with Crippen molar-refractivity contribution in [2.75, 3.05) is 11.4 Å². The smallest absolute Gasteiger partial charge is 0.256 e.